The summed E-state index contributed by atoms with van der Waals surface area (Å²) in [7, 11) is 0. The summed E-state index contributed by atoms with van der Waals surface area (Å²) in [5, 5.41) is 12.5. The summed E-state index contributed by atoms with van der Waals surface area (Å²) in [5.41, 5.74) is 0.294. The van der Waals surface area contributed by atoms with Gasteiger partial charge in [0.25, 0.3) is 5.91 Å². The maximum Gasteiger partial charge on any atom is 0.273 e. The normalized spacial score (nSPS) is 32.6. The average molecular weight is 282 g/mol. The van der Waals surface area contributed by atoms with Crippen molar-refractivity contribution in [2.75, 3.05) is 13.2 Å². The minimum absolute atomic E-state index is 0.0791. The second-order valence-electron chi connectivity index (χ2n) is 5.46. The lowest BCUT2D eigenvalue weighted by Crippen LogP contribution is -2.44. The molecule has 7 nitrogen and oxygen atoms in total. The van der Waals surface area contributed by atoms with Gasteiger partial charge in [-0.05, 0) is 0 Å². The van der Waals surface area contributed by atoms with Crippen LogP contribution in [0, 0.1) is 0 Å². The molecule has 20 heavy (non-hydrogen) atoms. The van der Waals surface area contributed by atoms with Crippen molar-refractivity contribution >= 4 is 5.91 Å². The van der Waals surface area contributed by atoms with Crippen molar-refractivity contribution in [3.63, 3.8) is 0 Å². The van der Waals surface area contributed by atoms with E-state index in [2.05, 4.69) is 10.3 Å². The number of carbonyl (C=O) groups excluding carboxylic acids is 1. The summed E-state index contributed by atoms with van der Waals surface area (Å²) in [6.07, 6.45) is -0.0145. The molecule has 1 amide bonds. The minimum atomic E-state index is -0.625. The van der Waals surface area contributed by atoms with E-state index in [1.54, 1.807) is 0 Å². The van der Waals surface area contributed by atoms with Crippen LogP contribution < -0.4 is 5.32 Å². The molecule has 7 heteroatoms. The van der Waals surface area contributed by atoms with Crippen LogP contribution in [0.3, 0.4) is 0 Å². The first-order valence-corrected chi connectivity index (χ1v) is 6.73. The van der Waals surface area contributed by atoms with Gasteiger partial charge in [0, 0.05) is 5.92 Å². The molecular formula is C13H18N2O5. The number of aliphatic hydroxyl groups is 1. The highest BCUT2D eigenvalue weighted by atomic mass is 16.6. The van der Waals surface area contributed by atoms with E-state index in [0.717, 1.165) is 0 Å². The number of nitrogens with one attached hydrogen (secondary N) is 1. The van der Waals surface area contributed by atoms with E-state index in [9.17, 15) is 9.90 Å². The Bertz CT molecular complexity index is 501. The van der Waals surface area contributed by atoms with E-state index >= 15 is 0 Å². The van der Waals surface area contributed by atoms with Crippen LogP contribution in [-0.4, -0.2) is 53.6 Å². The van der Waals surface area contributed by atoms with Gasteiger partial charge >= 0.3 is 0 Å². The third kappa shape index (κ3) is 2.21. The summed E-state index contributed by atoms with van der Waals surface area (Å²) in [5.74, 6) is 0.336. The average Bonchev–Trinajstić information content (AvgIpc) is 3.08. The molecular weight excluding hydrogens is 264 g/mol. The molecule has 0 saturated carbocycles. The van der Waals surface area contributed by atoms with Crippen molar-refractivity contribution in [3.05, 3.63) is 17.8 Å². The highest BCUT2D eigenvalue weighted by Gasteiger charge is 2.47. The topological polar surface area (TPSA) is 93.8 Å². The Hall–Kier alpha value is -1.44. The fourth-order valence-corrected chi connectivity index (χ4v) is 2.67. The number of amides is 1. The van der Waals surface area contributed by atoms with Gasteiger partial charge < -0.3 is 24.3 Å². The highest BCUT2D eigenvalue weighted by Crippen LogP contribution is 2.27. The molecule has 3 heterocycles. The third-order valence-corrected chi connectivity index (χ3v) is 3.68. The number of aromatic nitrogens is 1. The SMILES string of the molecule is CC(C)c1ocnc1C(=O)N[C@@H]1CO[C@H]2[C@@H]1OC[C@H]2O. The van der Waals surface area contributed by atoms with E-state index < -0.39 is 6.10 Å². The van der Waals surface area contributed by atoms with Crippen LogP contribution in [0.1, 0.15) is 36.0 Å². The van der Waals surface area contributed by atoms with Gasteiger partial charge in [0.2, 0.25) is 0 Å². The Morgan fingerprint density at radius 2 is 2.15 bits per heavy atom. The first-order chi connectivity index (χ1) is 9.58. The van der Waals surface area contributed by atoms with Crippen molar-refractivity contribution in [1.29, 1.82) is 0 Å². The number of ether oxygens (including phenoxy) is 2. The number of hydrogen-bond donors (Lipinski definition) is 2. The summed E-state index contributed by atoms with van der Waals surface area (Å²) >= 11 is 0. The van der Waals surface area contributed by atoms with Gasteiger partial charge in [0.1, 0.15) is 24.1 Å². The second kappa shape index (κ2) is 5.16. The smallest absolute Gasteiger partial charge is 0.273 e. The van der Waals surface area contributed by atoms with Crippen LogP contribution in [0.15, 0.2) is 10.8 Å². The lowest BCUT2D eigenvalue weighted by molar-refractivity contribution is 0.0178. The fraction of sp³-hybridized carbons (Fsp3) is 0.692. The monoisotopic (exact) mass is 282 g/mol. The maximum atomic E-state index is 12.2. The lowest BCUT2D eigenvalue weighted by atomic mass is 10.1. The Balaban J connectivity index is 1.69. The molecule has 0 unspecified atom stereocenters. The van der Waals surface area contributed by atoms with Gasteiger partial charge in [-0.15, -0.1) is 0 Å². The van der Waals surface area contributed by atoms with Crippen LogP contribution in [0.5, 0.6) is 0 Å². The molecule has 4 atom stereocenters. The van der Waals surface area contributed by atoms with Crippen molar-refractivity contribution in [3.8, 4) is 0 Å². The van der Waals surface area contributed by atoms with Crippen LogP contribution in [0.25, 0.3) is 0 Å². The van der Waals surface area contributed by atoms with Gasteiger partial charge in [-0.25, -0.2) is 4.98 Å². The van der Waals surface area contributed by atoms with Crippen molar-refractivity contribution in [2.45, 2.75) is 44.1 Å². The summed E-state index contributed by atoms with van der Waals surface area (Å²) in [6, 6.07) is -0.277. The van der Waals surface area contributed by atoms with E-state index in [4.69, 9.17) is 13.9 Å². The maximum absolute atomic E-state index is 12.2. The van der Waals surface area contributed by atoms with Gasteiger partial charge in [-0.1, -0.05) is 13.8 Å². The van der Waals surface area contributed by atoms with Crippen LogP contribution in [-0.2, 0) is 9.47 Å². The molecule has 0 aromatic carbocycles. The molecule has 1 aromatic heterocycles. The number of aliphatic hydroxyl groups excluding tert-OH is 1. The fourth-order valence-electron chi connectivity index (χ4n) is 2.67. The molecule has 0 aliphatic carbocycles. The van der Waals surface area contributed by atoms with Crippen LogP contribution >= 0.6 is 0 Å². The second-order valence-corrected chi connectivity index (χ2v) is 5.46. The number of nitrogens with zero attached hydrogens (tertiary/aromatic N) is 1. The first kappa shape index (κ1) is 13.5. The third-order valence-electron chi connectivity index (χ3n) is 3.68. The minimum Gasteiger partial charge on any atom is -0.447 e. The van der Waals surface area contributed by atoms with Gasteiger partial charge in [0.05, 0.1) is 19.3 Å². The predicted molar refractivity (Wildman–Crippen MR) is 67.3 cm³/mol. The largest absolute Gasteiger partial charge is 0.447 e. The Morgan fingerprint density at radius 1 is 1.40 bits per heavy atom. The first-order valence-electron chi connectivity index (χ1n) is 6.73. The Kier molecular flexibility index (Phi) is 3.49. The molecule has 0 bridgehead atoms. The van der Waals surface area contributed by atoms with E-state index in [-0.39, 0.29) is 36.7 Å². The van der Waals surface area contributed by atoms with Crippen LogP contribution in [0.2, 0.25) is 0 Å². The zero-order valence-corrected chi connectivity index (χ0v) is 11.4. The van der Waals surface area contributed by atoms with Crippen molar-refractivity contribution in [1.82, 2.24) is 10.3 Å². The zero-order valence-electron chi connectivity index (χ0n) is 11.4. The molecule has 2 aliphatic heterocycles. The van der Waals surface area contributed by atoms with Gasteiger partial charge in [0.15, 0.2) is 12.1 Å². The Morgan fingerprint density at radius 3 is 2.90 bits per heavy atom. The summed E-state index contributed by atoms with van der Waals surface area (Å²) < 4.78 is 16.2. The van der Waals surface area contributed by atoms with Crippen molar-refractivity contribution < 1.29 is 23.8 Å². The van der Waals surface area contributed by atoms with E-state index in [1.165, 1.54) is 6.39 Å². The van der Waals surface area contributed by atoms with Gasteiger partial charge in [-0.3, -0.25) is 4.79 Å². The summed E-state index contributed by atoms with van der Waals surface area (Å²) in [4.78, 5) is 16.2. The Labute approximate surface area is 116 Å². The molecule has 0 spiro atoms. The number of oxazole rings is 1. The van der Waals surface area contributed by atoms with Gasteiger partial charge in [-0.2, -0.15) is 0 Å². The predicted octanol–water partition coefficient (Wildman–Crippen LogP) is 0.0549. The molecule has 110 valence electrons. The molecule has 1 aromatic rings. The number of carbonyl (C=O) groups is 1. The van der Waals surface area contributed by atoms with E-state index in [0.29, 0.717) is 18.1 Å². The molecule has 2 aliphatic rings. The molecule has 2 saturated heterocycles. The lowest BCUT2D eigenvalue weighted by Gasteiger charge is -2.17. The molecule has 2 N–H and O–H groups in total. The number of rotatable bonds is 3. The molecule has 3 rings (SSSR count). The highest BCUT2D eigenvalue weighted by molar-refractivity contribution is 5.93. The quantitative estimate of drug-likeness (QED) is 0.814. The number of fused-ring (bicyclic) bond motifs is 1. The number of hydrogen-bond acceptors (Lipinski definition) is 6. The summed E-state index contributed by atoms with van der Waals surface area (Å²) in [6.45, 7) is 4.43. The van der Waals surface area contributed by atoms with Crippen LogP contribution in [0.4, 0.5) is 0 Å². The van der Waals surface area contributed by atoms with Crippen molar-refractivity contribution in [2.24, 2.45) is 0 Å². The zero-order chi connectivity index (χ0) is 14.3. The molecule has 0 radical (unpaired) electrons. The standard InChI is InChI=1S/C13H18N2O5/c1-6(2)10-9(14-5-20-10)13(17)15-7-3-18-12-8(16)4-19-11(7)12/h5-8,11-12,16H,3-4H2,1-2H3,(H,15,17)/t7-,8-,11-,12-/m1/s1. The molecule has 2 fully saturated rings. The van der Waals surface area contributed by atoms with E-state index in [1.807, 2.05) is 13.8 Å².